The van der Waals surface area contributed by atoms with Crippen molar-refractivity contribution in [2.75, 3.05) is 13.1 Å². The molecule has 3 unspecified atom stereocenters. The van der Waals surface area contributed by atoms with Crippen molar-refractivity contribution in [1.29, 1.82) is 0 Å². The molecule has 0 amide bonds. The van der Waals surface area contributed by atoms with Gasteiger partial charge in [0.1, 0.15) is 6.10 Å². The van der Waals surface area contributed by atoms with E-state index in [2.05, 4.69) is 5.32 Å². The van der Waals surface area contributed by atoms with Gasteiger partial charge in [-0.2, -0.15) is 0 Å². The number of hydrogen-bond donors (Lipinski definition) is 3. The Hall–Kier alpha value is -0.160. The number of aliphatic hydroxyl groups is 1. The van der Waals surface area contributed by atoms with Gasteiger partial charge in [-0.15, -0.1) is 0 Å². The van der Waals surface area contributed by atoms with E-state index >= 15 is 0 Å². The molecule has 1 aliphatic rings. The molecule has 1 aliphatic heterocycles. The minimum absolute atomic E-state index is 0.224. The van der Waals surface area contributed by atoms with E-state index in [4.69, 9.17) is 10.7 Å². The van der Waals surface area contributed by atoms with E-state index in [0.717, 1.165) is 25.9 Å². The summed E-state index contributed by atoms with van der Waals surface area (Å²) in [6.07, 6.45) is 1.51. The van der Waals surface area contributed by atoms with Crippen LogP contribution in [0.3, 0.4) is 0 Å². The first-order valence-corrected chi connectivity index (χ1v) is 4.50. The van der Waals surface area contributed by atoms with Gasteiger partial charge in [-0.3, -0.25) is 4.84 Å². The molecule has 4 heteroatoms. The minimum Gasteiger partial charge on any atom is -0.391 e. The van der Waals surface area contributed by atoms with E-state index in [-0.39, 0.29) is 6.10 Å². The lowest BCUT2D eigenvalue weighted by Crippen LogP contribution is -2.44. The molecule has 0 aromatic carbocycles. The summed E-state index contributed by atoms with van der Waals surface area (Å²) in [5.41, 5.74) is 0. The van der Waals surface area contributed by atoms with Crippen LogP contribution in [0.1, 0.15) is 19.8 Å². The Morgan fingerprint density at radius 3 is 2.83 bits per heavy atom. The lowest BCUT2D eigenvalue weighted by Gasteiger charge is -2.30. The third-order valence-electron chi connectivity index (χ3n) is 2.43. The van der Waals surface area contributed by atoms with Gasteiger partial charge >= 0.3 is 0 Å². The predicted octanol–water partition coefficient (Wildman–Crippen LogP) is -0.374. The molecule has 0 aromatic rings. The number of nitrogens with two attached hydrogens (primary N) is 1. The summed E-state index contributed by atoms with van der Waals surface area (Å²) < 4.78 is 0. The highest BCUT2D eigenvalue weighted by atomic mass is 16.6. The van der Waals surface area contributed by atoms with Crippen LogP contribution in [-0.2, 0) is 4.84 Å². The Morgan fingerprint density at radius 2 is 2.42 bits per heavy atom. The van der Waals surface area contributed by atoms with Gasteiger partial charge in [0.05, 0.1) is 6.10 Å². The van der Waals surface area contributed by atoms with Crippen molar-refractivity contribution < 1.29 is 9.94 Å². The molecule has 1 saturated heterocycles. The second-order valence-electron chi connectivity index (χ2n) is 3.45. The standard InChI is InChI=1S/C8H18N2O2/c1-6(11)8(12-9)7-3-2-4-10-5-7/h6-8,10-11H,2-5,9H2,1H3. The molecule has 1 heterocycles. The van der Waals surface area contributed by atoms with Gasteiger partial charge in [-0.25, -0.2) is 5.90 Å². The molecule has 1 rings (SSSR count). The number of piperidine rings is 1. The summed E-state index contributed by atoms with van der Waals surface area (Å²) in [5.74, 6) is 5.47. The van der Waals surface area contributed by atoms with Crippen LogP contribution < -0.4 is 11.2 Å². The summed E-state index contributed by atoms with van der Waals surface area (Å²) in [4.78, 5) is 4.76. The first-order valence-electron chi connectivity index (χ1n) is 4.50. The molecule has 0 aromatic heterocycles. The van der Waals surface area contributed by atoms with Crippen molar-refractivity contribution in [3.05, 3.63) is 0 Å². The fourth-order valence-corrected chi connectivity index (χ4v) is 1.78. The van der Waals surface area contributed by atoms with E-state index in [1.165, 1.54) is 0 Å². The Morgan fingerprint density at radius 1 is 1.67 bits per heavy atom. The van der Waals surface area contributed by atoms with Crippen molar-refractivity contribution in [3.63, 3.8) is 0 Å². The van der Waals surface area contributed by atoms with Gasteiger partial charge < -0.3 is 10.4 Å². The zero-order chi connectivity index (χ0) is 8.97. The summed E-state index contributed by atoms with van der Waals surface area (Å²) >= 11 is 0. The van der Waals surface area contributed by atoms with Gasteiger partial charge in [0.2, 0.25) is 0 Å². The fourth-order valence-electron chi connectivity index (χ4n) is 1.78. The van der Waals surface area contributed by atoms with E-state index in [9.17, 15) is 5.11 Å². The molecule has 0 radical (unpaired) electrons. The number of hydrogen-bond acceptors (Lipinski definition) is 4. The molecule has 0 saturated carbocycles. The Balaban J connectivity index is 2.40. The lowest BCUT2D eigenvalue weighted by atomic mass is 9.91. The molecule has 4 N–H and O–H groups in total. The van der Waals surface area contributed by atoms with Crippen LogP contribution in [0.25, 0.3) is 0 Å². The summed E-state index contributed by atoms with van der Waals surface area (Å²) in [6.45, 7) is 3.67. The maximum atomic E-state index is 9.33. The quantitative estimate of drug-likeness (QED) is 0.510. The highest BCUT2D eigenvalue weighted by molar-refractivity contribution is 4.79. The van der Waals surface area contributed by atoms with Gasteiger partial charge in [-0.05, 0) is 26.3 Å². The summed E-state index contributed by atoms with van der Waals surface area (Å²) in [7, 11) is 0. The second kappa shape index (κ2) is 4.77. The van der Waals surface area contributed by atoms with Crippen molar-refractivity contribution in [3.8, 4) is 0 Å². The van der Waals surface area contributed by atoms with Crippen LogP contribution in [-0.4, -0.2) is 30.4 Å². The van der Waals surface area contributed by atoms with Gasteiger partial charge in [-0.1, -0.05) is 0 Å². The highest BCUT2D eigenvalue weighted by Gasteiger charge is 2.27. The zero-order valence-corrected chi connectivity index (χ0v) is 7.49. The molecule has 4 nitrogen and oxygen atoms in total. The summed E-state index contributed by atoms with van der Waals surface area (Å²) in [5, 5.41) is 12.6. The van der Waals surface area contributed by atoms with Crippen LogP contribution >= 0.6 is 0 Å². The summed E-state index contributed by atoms with van der Waals surface area (Å²) in [6, 6.07) is 0. The predicted molar refractivity (Wildman–Crippen MR) is 46.3 cm³/mol. The Kier molecular flexibility index (Phi) is 3.94. The van der Waals surface area contributed by atoms with Crippen molar-refractivity contribution in [2.24, 2.45) is 11.8 Å². The van der Waals surface area contributed by atoms with Gasteiger partial charge in [0.25, 0.3) is 0 Å². The molecule has 3 atom stereocenters. The van der Waals surface area contributed by atoms with Crippen molar-refractivity contribution in [1.82, 2.24) is 5.32 Å². The minimum atomic E-state index is -0.486. The smallest absolute Gasteiger partial charge is 0.108 e. The Labute approximate surface area is 73.0 Å². The normalized spacial score (nSPS) is 29.8. The van der Waals surface area contributed by atoms with E-state index < -0.39 is 6.10 Å². The molecule has 0 bridgehead atoms. The molecule has 1 fully saturated rings. The first kappa shape index (κ1) is 9.92. The second-order valence-corrected chi connectivity index (χ2v) is 3.45. The molecule has 12 heavy (non-hydrogen) atoms. The van der Waals surface area contributed by atoms with Crippen LogP contribution in [0.5, 0.6) is 0 Å². The van der Waals surface area contributed by atoms with Crippen LogP contribution in [0.15, 0.2) is 0 Å². The molecule has 72 valence electrons. The largest absolute Gasteiger partial charge is 0.391 e. The monoisotopic (exact) mass is 174 g/mol. The average Bonchev–Trinajstić information content (AvgIpc) is 2.07. The molecular weight excluding hydrogens is 156 g/mol. The molecule has 0 aliphatic carbocycles. The van der Waals surface area contributed by atoms with Crippen molar-refractivity contribution in [2.45, 2.75) is 32.0 Å². The van der Waals surface area contributed by atoms with Crippen molar-refractivity contribution >= 4 is 0 Å². The number of nitrogens with one attached hydrogen (secondary N) is 1. The third-order valence-corrected chi connectivity index (χ3v) is 2.43. The van der Waals surface area contributed by atoms with Gasteiger partial charge in [0, 0.05) is 12.5 Å². The fraction of sp³-hybridized carbons (Fsp3) is 1.00. The number of rotatable bonds is 3. The topological polar surface area (TPSA) is 67.5 Å². The Bertz CT molecular complexity index is 124. The van der Waals surface area contributed by atoms with E-state index in [1.54, 1.807) is 6.92 Å². The molecular formula is C8H18N2O2. The maximum absolute atomic E-state index is 9.33. The highest BCUT2D eigenvalue weighted by Crippen LogP contribution is 2.18. The van der Waals surface area contributed by atoms with Crippen LogP contribution in [0.2, 0.25) is 0 Å². The van der Waals surface area contributed by atoms with E-state index in [1.807, 2.05) is 0 Å². The van der Waals surface area contributed by atoms with Crippen LogP contribution in [0, 0.1) is 5.92 Å². The third kappa shape index (κ3) is 2.42. The lowest BCUT2D eigenvalue weighted by molar-refractivity contribution is -0.0679. The SMILES string of the molecule is CC(O)C(ON)C1CCCNC1. The van der Waals surface area contributed by atoms with Gasteiger partial charge in [0.15, 0.2) is 0 Å². The average molecular weight is 174 g/mol. The molecule has 0 spiro atoms. The zero-order valence-electron chi connectivity index (χ0n) is 7.49. The van der Waals surface area contributed by atoms with Crippen LogP contribution in [0.4, 0.5) is 0 Å². The first-order chi connectivity index (χ1) is 5.75. The van der Waals surface area contributed by atoms with E-state index in [0.29, 0.717) is 5.92 Å². The maximum Gasteiger partial charge on any atom is 0.108 e. The number of aliphatic hydroxyl groups excluding tert-OH is 1.